The van der Waals surface area contributed by atoms with Gasteiger partial charge in [-0.3, -0.25) is 0 Å². The molecule has 0 atom stereocenters. The molecule has 20 heavy (non-hydrogen) atoms. The van der Waals surface area contributed by atoms with Crippen molar-refractivity contribution >= 4 is 17.3 Å². The summed E-state index contributed by atoms with van der Waals surface area (Å²) in [5.74, 6) is 0.984. The van der Waals surface area contributed by atoms with Crippen LogP contribution in [0.3, 0.4) is 0 Å². The first-order valence-corrected chi connectivity index (χ1v) is 6.48. The van der Waals surface area contributed by atoms with Crippen molar-refractivity contribution in [3.05, 3.63) is 53.1 Å². The monoisotopic (exact) mass is 285 g/mol. The summed E-state index contributed by atoms with van der Waals surface area (Å²) in [6.45, 7) is 1.93. The van der Waals surface area contributed by atoms with Crippen molar-refractivity contribution in [2.45, 2.75) is 6.92 Å². The number of nitrogens with two attached hydrogens (primary N) is 1. The van der Waals surface area contributed by atoms with Gasteiger partial charge in [-0.2, -0.15) is 4.98 Å². The van der Waals surface area contributed by atoms with E-state index in [1.165, 1.54) is 0 Å². The Hall–Kier alpha value is -2.33. The number of benzene rings is 2. The molecular weight excluding hydrogens is 274 g/mol. The molecule has 0 amide bonds. The normalized spacial score (nSPS) is 10.7. The molecule has 0 radical (unpaired) electrons. The van der Waals surface area contributed by atoms with E-state index < -0.39 is 0 Å². The first kappa shape index (κ1) is 12.7. The van der Waals surface area contributed by atoms with E-state index in [2.05, 4.69) is 10.1 Å². The molecule has 0 aliphatic carbocycles. The lowest BCUT2D eigenvalue weighted by molar-refractivity contribution is 0.432. The average Bonchev–Trinajstić information content (AvgIpc) is 2.92. The molecule has 0 unspecified atom stereocenters. The number of nitrogen functional groups attached to an aromatic ring is 1. The van der Waals surface area contributed by atoms with Gasteiger partial charge in [0.1, 0.15) is 0 Å². The van der Waals surface area contributed by atoms with E-state index in [0.717, 1.165) is 16.7 Å². The molecule has 100 valence electrons. The van der Waals surface area contributed by atoms with Gasteiger partial charge in [-0.25, -0.2) is 0 Å². The van der Waals surface area contributed by atoms with Gasteiger partial charge in [-0.15, -0.1) is 0 Å². The van der Waals surface area contributed by atoms with Crippen LogP contribution in [0.15, 0.2) is 47.0 Å². The lowest BCUT2D eigenvalue weighted by Gasteiger charge is -2.03. The van der Waals surface area contributed by atoms with Crippen LogP contribution in [0.2, 0.25) is 5.02 Å². The Morgan fingerprint density at radius 3 is 2.60 bits per heavy atom. The fourth-order valence-corrected chi connectivity index (χ4v) is 2.06. The van der Waals surface area contributed by atoms with Crippen molar-refractivity contribution in [2.24, 2.45) is 0 Å². The summed E-state index contributed by atoms with van der Waals surface area (Å²) in [6, 6.07) is 12.9. The van der Waals surface area contributed by atoms with Crippen molar-refractivity contribution in [1.82, 2.24) is 10.1 Å². The number of halogens is 1. The highest BCUT2D eigenvalue weighted by Crippen LogP contribution is 2.27. The predicted octanol–water partition coefficient (Wildman–Crippen LogP) is 3.95. The molecule has 4 nitrogen and oxygen atoms in total. The molecule has 0 spiro atoms. The molecule has 3 aromatic rings. The van der Waals surface area contributed by atoms with Gasteiger partial charge < -0.3 is 10.3 Å². The van der Waals surface area contributed by atoms with E-state index in [9.17, 15) is 0 Å². The molecule has 1 heterocycles. The van der Waals surface area contributed by atoms with Crippen LogP contribution in [0.25, 0.3) is 22.8 Å². The Morgan fingerprint density at radius 2 is 1.85 bits per heavy atom. The average molecular weight is 286 g/mol. The lowest BCUT2D eigenvalue weighted by Crippen LogP contribution is -1.92. The van der Waals surface area contributed by atoms with Gasteiger partial charge in [-0.1, -0.05) is 28.9 Å². The van der Waals surface area contributed by atoms with Crippen LogP contribution in [0.1, 0.15) is 5.56 Å². The van der Waals surface area contributed by atoms with Crippen molar-refractivity contribution in [1.29, 1.82) is 0 Å². The Kier molecular flexibility index (Phi) is 3.16. The SMILES string of the molecule is Cc1c(N)cccc1-c1noc(-c2ccc(Cl)cc2)n1. The van der Waals surface area contributed by atoms with E-state index in [0.29, 0.717) is 22.4 Å². The Labute approximate surface area is 121 Å². The van der Waals surface area contributed by atoms with Gasteiger partial charge in [-0.05, 0) is 42.8 Å². The van der Waals surface area contributed by atoms with E-state index in [-0.39, 0.29) is 0 Å². The van der Waals surface area contributed by atoms with Gasteiger partial charge in [0.25, 0.3) is 5.89 Å². The molecule has 0 aliphatic heterocycles. The number of hydrogen-bond donors (Lipinski definition) is 1. The Morgan fingerprint density at radius 1 is 1.10 bits per heavy atom. The first-order chi connectivity index (χ1) is 9.65. The number of aromatic nitrogens is 2. The number of rotatable bonds is 2. The van der Waals surface area contributed by atoms with Crippen molar-refractivity contribution in [3.8, 4) is 22.8 Å². The van der Waals surface area contributed by atoms with Crippen molar-refractivity contribution < 1.29 is 4.52 Å². The third-order valence-electron chi connectivity index (χ3n) is 3.13. The maximum absolute atomic E-state index is 5.89. The van der Waals surface area contributed by atoms with E-state index >= 15 is 0 Å². The minimum Gasteiger partial charge on any atom is -0.398 e. The van der Waals surface area contributed by atoms with Crippen LogP contribution in [0, 0.1) is 6.92 Å². The highest BCUT2D eigenvalue weighted by atomic mass is 35.5. The van der Waals surface area contributed by atoms with E-state index in [4.69, 9.17) is 21.9 Å². The fourth-order valence-electron chi connectivity index (χ4n) is 1.94. The molecule has 1 aromatic heterocycles. The van der Waals surface area contributed by atoms with Gasteiger partial charge in [0.05, 0.1) is 0 Å². The lowest BCUT2D eigenvalue weighted by atomic mass is 10.1. The molecule has 0 saturated carbocycles. The smallest absolute Gasteiger partial charge is 0.258 e. The molecule has 2 aromatic carbocycles. The predicted molar refractivity (Wildman–Crippen MR) is 79.3 cm³/mol. The fraction of sp³-hybridized carbons (Fsp3) is 0.0667. The maximum Gasteiger partial charge on any atom is 0.258 e. The van der Waals surface area contributed by atoms with Gasteiger partial charge in [0.2, 0.25) is 5.82 Å². The summed E-state index contributed by atoms with van der Waals surface area (Å²) in [6.07, 6.45) is 0. The second-order valence-corrected chi connectivity index (χ2v) is 4.89. The highest BCUT2D eigenvalue weighted by Gasteiger charge is 2.13. The summed E-state index contributed by atoms with van der Waals surface area (Å²) in [7, 11) is 0. The van der Waals surface area contributed by atoms with Crippen molar-refractivity contribution in [3.63, 3.8) is 0 Å². The van der Waals surface area contributed by atoms with Crippen LogP contribution in [0.4, 0.5) is 5.69 Å². The molecule has 0 fully saturated rings. The van der Waals surface area contributed by atoms with Gasteiger partial charge in [0.15, 0.2) is 0 Å². The second kappa shape index (κ2) is 4.98. The zero-order chi connectivity index (χ0) is 14.1. The third kappa shape index (κ3) is 2.26. The van der Waals surface area contributed by atoms with Crippen LogP contribution < -0.4 is 5.73 Å². The molecule has 0 aliphatic rings. The minimum atomic E-state index is 0.457. The Bertz CT molecular complexity index is 750. The molecule has 3 rings (SSSR count). The quantitative estimate of drug-likeness (QED) is 0.724. The summed E-state index contributed by atoms with van der Waals surface area (Å²) >= 11 is 5.86. The van der Waals surface area contributed by atoms with Crippen LogP contribution in [-0.4, -0.2) is 10.1 Å². The molecular formula is C15H12ClN3O. The van der Waals surface area contributed by atoms with Gasteiger partial charge >= 0.3 is 0 Å². The van der Waals surface area contributed by atoms with Crippen molar-refractivity contribution in [2.75, 3.05) is 5.73 Å². The number of nitrogens with zero attached hydrogens (tertiary/aromatic N) is 2. The molecule has 0 saturated heterocycles. The summed E-state index contributed by atoms with van der Waals surface area (Å²) < 4.78 is 5.29. The Balaban J connectivity index is 2.02. The van der Waals surface area contributed by atoms with Crippen LogP contribution >= 0.6 is 11.6 Å². The van der Waals surface area contributed by atoms with E-state index in [1.807, 2.05) is 37.3 Å². The first-order valence-electron chi connectivity index (χ1n) is 6.10. The molecule has 2 N–H and O–H groups in total. The third-order valence-corrected chi connectivity index (χ3v) is 3.39. The zero-order valence-electron chi connectivity index (χ0n) is 10.8. The summed E-state index contributed by atoms with van der Waals surface area (Å²) in [4.78, 5) is 4.41. The standard InChI is InChI=1S/C15H12ClN3O/c1-9-12(3-2-4-13(9)17)14-18-15(20-19-14)10-5-7-11(16)8-6-10/h2-8H,17H2,1H3. The number of anilines is 1. The highest BCUT2D eigenvalue weighted by molar-refractivity contribution is 6.30. The number of hydrogen-bond acceptors (Lipinski definition) is 4. The summed E-state index contributed by atoms with van der Waals surface area (Å²) in [5.41, 5.74) is 9.24. The van der Waals surface area contributed by atoms with Crippen LogP contribution in [0.5, 0.6) is 0 Å². The zero-order valence-corrected chi connectivity index (χ0v) is 11.6. The summed E-state index contributed by atoms with van der Waals surface area (Å²) in [5, 5.41) is 4.68. The van der Waals surface area contributed by atoms with Gasteiger partial charge in [0, 0.05) is 21.8 Å². The largest absolute Gasteiger partial charge is 0.398 e. The molecule has 0 bridgehead atoms. The minimum absolute atomic E-state index is 0.457. The topological polar surface area (TPSA) is 64.9 Å². The molecule has 5 heteroatoms. The van der Waals surface area contributed by atoms with Crippen LogP contribution in [-0.2, 0) is 0 Å². The maximum atomic E-state index is 5.89. The van der Waals surface area contributed by atoms with E-state index in [1.54, 1.807) is 12.1 Å². The second-order valence-electron chi connectivity index (χ2n) is 4.45.